The molecule has 24 heavy (non-hydrogen) atoms. The summed E-state index contributed by atoms with van der Waals surface area (Å²) in [5.74, 6) is -1.20. The van der Waals surface area contributed by atoms with Gasteiger partial charge in [-0.2, -0.15) is 0 Å². The van der Waals surface area contributed by atoms with Crippen LogP contribution in [0.25, 0.3) is 0 Å². The molecule has 0 saturated carbocycles. The minimum Gasteiger partial charge on any atom is -0.434 e. The molecule has 0 unspecified atom stereocenters. The lowest BCUT2D eigenvalue weighted by atomic mass is 10.3. The third-order valence-corrected chi connectivity index (χ3v) is 2.75. The maximum atomic E-state index is 13.4. The molecule has 0 aliphatic heterocycles. The maximum absolute atomic E-state index is 13.4. The Labute approximate surface area is 136 Å². The average Bonchev–Trinajstić information content (AvgIpc) is 2.53. The predicted octanol–water partition coefficient (Wildman–Crippen LogP) is 4.14. The summed E-state index contributed by atoms with van der Waals surface area (Å²) < 4.78 is 36.0. The van der Waals surface area contributed by atoms with Crippen LogP contribution in [0.1, 0.15) is 6.92 Å². The first kappa shape index (κ1) is 17.2. The van der Waals surface area contributed by atoms with Crippen LogP contribution in [0.4, 0.5) is 29.7 Å². The number of hydrogen-bond donors (Lipinski definition) is 2. The first-order valence-electron chi connectivity index (χ1n) is 6.95. The zero-order valence-corrected chi connectivity index (χ0v) is 12.6. The van der Waals surface area contributed by atoms with Gasteiger partial charge in [0.05, 0.1) is 12.3 Å². The number of hydrogen-bond acceptors (Lipinski definition) is 4. The molecule has 0 bridgehead atoms. The fourth-order valence-electron chi connectivity index (χ4n) is 1.73. The lowest BCUT2D eigenvalue weighted by Crippen LogP contribution is -2.20. The fraction of sp³-hybridized carbons (Fsp3) is 0.125. The van der Waals surface area contributed by atoms with Crippen LogP contribution >= 0.6 is 0 Å². The van der Waals surface area contributed by atoms with E-state index in [0.717, 1.165) is 18.2 Å². The van der Waals surface area contributed by atoms with Crippen LogP contribution in [0.5, 0.6) is 5.75 Å². The highest BCUT2D eigenvalue weighted by Crippen LogP contribution is 2.18. The van der Waals surface area contributed by atoms with E-state index in [9.17, 15) is 18.4 Å². The Bertz CT molecular complexity index is 735. The highest BCUT2D eigenvalue weighted by atomic mass is 19.1. The summed E-state index contributed by atoms with van der Waals surface area (Å²) >= 11 is 0. The Balaban J connectivity index is 1.94. The van der Waals surface area contributed by atoms with Gasteiger partial charge in [0.1, 0.15) is 17.4 Å². The number of ether oxygens (including phenoxy) is 2. The van der Waals surface area contributed by atoms with Gasteiger partial charge in [0.2, 0.25) is 0 Å². The first-order chi connectivity index (χ1) is 11.5. The van der Waals surface area contributed by atoms with Gasteiger partial charge in [-0.1, -0.05) is 0 Å². The minimum atomic E-state index is -0.836. The first-order valence-corrected chi connectivity index (χ1v) is 6.95. The highest BCUT2D eigenvalue weighted by molar-refractivity contribution is 5.99. The fourth-order valence-corrected chi connectivity index (χ4v) is 1.73. The van der Waals surface area contributed by atoms with Gasteiger partial charge >= 0.3 is 12.2 Å². The molecule has 2 aromatic rings. The van der Waals surface area contributed by atoms with Gasteiger partial charge in [0, 0.05) is 11.8 Å². The van der Waals surface area contributed by atoms with Gasteiger partial charge in [-0.3, -0.25) is 0 Å². The van der Waals surface area contributed by atoms with Crippen molar-refractivity contribution >= 4 is 23.6 Å². The van der Waals surface area contributed by atoms with Crippen LogP contribution in [0, 0.1) is 11.6 Å². The Morgan fingerprint density at radius 1 is 1.04 bits per heavy atom. The number of halogens is 2. The maximum Gasteiger partial charge on any atom is 0.513 e. The lowest BCUT2D eigenvalue weighted by molar-refractivity contribution is 0.104. The van der Waals surface area contributed by atoms with E-state index in [-0.39, 0.29) is 18.0 Å². The smallest absolute Gasteiger partial charge is 0.434 e. The molecular formula is C16H14F2N2O4. The van der Waals surface area contributed by atoms with Gasteiger partial charge in [-0.05, 0) is 43.3 Å². The quantitative estimate of drug-likeness (QED) is 0.650. The average molecular weight is 336 g/mol. The molecular weight excluding hydrogens is 322 g/mol. The molecule has 0 saturated heterocycles. The van der Waals surface area contributed by atoms with Crippen LogP contribution in [0.15, 0.2) is 42.5 Å². The Hall–Kier alpha value is -3.16. The van der Waals surface area contributed by atoms with Gasteiger partial charge < -0.3 is 20.1 Å². The molecule has 0 fully saturated rings. The summed E-state index contributed by atoms with van der Waals surface area (Å²) in [6, 6.07) is 7.79. The van der Waals surface area contributed by atoms with Crippen LogP contribution in [0.2, 0.25) is 0 Å². The second-order valence-electron chi connectivity index (χ2n) is 4.51. The summed E-state index contributed by atoms with van der Waals surface area (Å²) in [5, 5.41) is 4.62. The number of benzene rings is 2. The molecule has 0 atom stereocenters. The van der Waals surface area contributed by atoms with E-state index in [0.29, 0.717) is 5.69 Å². The second-order valence-corrected chi connectivity index (χ2v) is 4.51. The van der Waals surface area contributed by atoms with Crippen molar-refractivity contribution < 1.29 is 27.8 Å². The van der Waals surface area contributed by atoms with Crippen molar-refractivity contribution in [2.75, 3.05) is 17.2 Å². The number of urea groups is 1. The number of nitrogens with one attached hydrogen (secondary N) is 2. The van der Waals surface area contributed by atoms with Crippen molar-refractivity contribution in [3.8, 4) is 5.75 Å². The Morgan fingerprint density at radius 2 is 1.75 bits per heavy atom. The third-order valence-electron chi connectivity index (χ3n) is 2.75. The number of rotatable bonds is 4. The van der Waals surface area contributed by atoms with Crippen molar-refractivity contribution in [3.63, 3.8) is 0 Å². The zero-order chi connectivity index (χ0) is 17.5. The predicted molar refractivity (Wildman–Crippen MR) is 83.1 cm³/mol. The van der Waals surface area contributed by atoms with E-state index < -0.39 is 23.8 Å². The zero-order valence-electron chi connectivity index (χ0n) is 12.6. The van der Waals surface area contributed by atoms with Crippen molar-refractivity contribution in [1.82, 2.24) is 0 Å². The van der Waals surface area contributed by atoms with E-state index in [4.69, 9.17) is 4.74 Å². The van der Waals surface area contributed by atoms with Gasteiger partial charge in [0.25, 0.3) is 0 Å². The number of amides is 2. The molecule has 6 nitrogen and oxygen atoms in total. The van der Waals surface area contributed by atoms with Crippen LogP contribution < -0.4 is 15.4 Å². The third kappa shape index (κ3) is 4.94. The van der Waals surface area contributed by atoms with E-state index in [1.165, 1.54) is 24.3 Å². The summed E-state index contributed by atoms with van der Waals surface area (Å²) in [5.41, 5.74) is 0.0790. The van der Waals surface area contributed by atoms with Crippen molar-refractivity contribution in [3.05, 3.63) is 54.1 Å². The van der Waals surface area contributed by atoms with Gasteiger partial charge in [0.15, 0.2) is 0 Å². The van der Waals surface area contributed by atoms with Crippen LogP contribution in [-0.4, -0.2) is 18.8 Å². The number of anilines is 2. The second kappa shape index (κ2) is 7.91. The minimum absolute atomic E-state index is 0.190. The van der Waals surface area contributed by atoms with Crippen molar-refractivity contribution in [2.24, 2.45) is 0 Å². The van der Waals surface area contributed by atoms with E-state index in [1.54, 1.807) is 6.92 Å². The highest BCUT2D eigenvalue weighted by Gasteiger charge is 2.09. The molecule has 2 aromatic carbocycles. The molecule has 8 heteroatoms. The molecule has 2 N–H and O–H groups in total. The SMILES string of the molecule is CCOC(=O)Oc1ccc(NC(=O)Nc2cc(F)ccc2F)cc1. The summed E-state index contributed by atoms with van der Waals surface area (Å²) in [4.78, 5) is 22.9. The molecule has 2 amide bonds. The standard InChI is InChI=1S/C16H14F2N2O4/c1-2-23-16(22)24-12-6-4-11(5-7-12)19-15(21)20-14-9-10(17)3-8-13(14)18/h3-9H,2H2,1H3,(H2,19,20,21). The summed E-state index contributed by atoms with van der Waals surface area (Å²) in [6.45, 7) is 1.84. The summed E-state index contributed by atoms with van der Waals surface area (Å²) in [6.07, 6.45) is -0.836. The van der Waals surface area contributed by atoms with Gasteiger partial charge in [-0.15, -0.1) is 0 Å². The van der Waals surface area contributed by atoms with E-state index >= 15 is 0 Å². The molecule has 0 heterocycles. The molecule has 0 spiro atoms. The largest absolute Gasteiger partial charge is 0.513 e. The molecule has 0 radical (unpaired) electrons. The lowest BCUT2D eigenvalue weighted by Gasteiger charge is -2.09. The molecule has 126 valence electrons. The Morgan fingerprint density at radius 3 is 2.42 bits per heavy atom. The molecule has 0 aromatic heterocycles. The van der Waals surface area contributed by atoms with E-state index in [1.807, 2.05) is 0 Å². The van der Waals surface area contributed by atoms with Crippen LogP contribution in [0.3, 0.4) is 0 Å². The topological polar surface area (TPSA) is 76.7 Å². The Kier molecular flexibility index (Phi) is 5.67. The van der Waals surface area contributed by atoms with E-state index in [2.05, 4.69) is 15.4 Å². The molecule has 0 aliphatic rings. The van der Waals surface area contributed by atoms with Crippen molar-refractivity contribution in [2.45, 2.75) is 6.92 Å². The number of carbonyl (C=O) groups excluding carboxylic acids is 2. The van der Waals surface area contributed by atoms with Gasteiger partial charge in [-0.25, -0.2) is 18.4 Å². The molecule has 0 aliphatic carbocycles. The normalized spacial score (nSPS) is 9.96. The van der Waals surface area contributed by atoms with Crippen molar-refractivity contribution in [1.29, 1.82) is 0 Å². The van der Waals surface area contributed by atoms with Crippen LogP contribution in [-0.2, 0) is 4.74 Å². The number of carbonyl (C=O) groups is 2. The monoisotopic (exact) mass is 336 g/mol. The summed E-state index contributed by atoms with van der Waals surface area (Å²) in [7, 11) is 0. The molecule has 2 rings (SSSR count).